The first kappa shape index (κ1) is 25.7. The van der Waals surface area contributed by atoms with Crippen molar-refractivity contribution in [2.24, 2.45) is 0 Å². The Morgan fingerprint density at radius 2 is 1.82 bits per heavy atom. The molecule has 0 radical (unpaired) electrons. The highest BCUT2D eigenvalue weighted by Gasteiger charge is 2.27. The number of aliphatic hydroxyl groups excluding tert-OH is 2. The van der Waals surface area contributed by atoms with Gasteiger partial charge in [-0.3, -0.25) is 19.5 Å². The molecule has 38 heavy (non-hydrogen) atoms. The quantitative estimate of drug-likeness (QED) is 0.388. The highest BCUT2D eigenvalue weighted by molar-refractivity contribution is 7.18. The van der Waals surface area contributed by atoms with Crippen LogP contribution in [0.5, 0.6) is 0 Å². The Kier molecular flexibility index (Phi) is 7.32. The normalized spacial score (nSPS) is 14.5. The van der Waals surface area contributed by atoms with Gasteiger partial charge in [-0.25, -0.2) is 4.98 Å². The minimum Gasteiger partial charge on any atom is -0.393 e. The number of aryl methyl sites for hydroxylation is 1. The number of aliphatic hydroxyl groups is 2. The first-order valence-electron chi connectivity index (χ1n) is 12.3. The first-order valence-corrected chi connectivity index (χ1v) is 13.1. The number of aromatic nitrogens is 3. The second-order valence-electron chi connectivity index (χ2n) is 9.10. The average molecular weight is 533 g/mol. The van der Waals surface area contributed by atoms with E-state index in [0.717, 1.165) is 31.3 Å². The molecule has 2 N–H and O–H groups in total. The number of rotatable bonds is 6. The first-order chi connectivity index (χ1) is 18.4. The number of hydrogen-bond acceptors (Lipinski definition) is 9. The number of fused-ring (bicyclic) bond motifs is 1. The fraction of sp³-hybridized carbons (Fsp3) is 0.296. The summed E-state index contributed by atoms with van der Waals surface area (Å²) < 4.78 is 0. The molecule has 0 unspecified atom stereocenters. The monoisotopic (exact) mass is 532 g/mol. The predicted octanol–water partition coefficient (Wildman–Crippen LogP) is 2.34. The molecule has 0 spiro atoms. The van der Waals surface area contributed by atoms with E-state index in [9.17, 15) is 19.8 Å². The zero-order chi connectivity index (χ0) is 26.8. The Bertz CT molecular complexity index is 1450. The number of benzene rings is 1. The number of hydrogen-bond donors (Lipinski definition) is 2. The molecule has 11 heteroatoms. The molecule has 2 amide bonds. The molecule has 1 aliphatic heterocycles. The van der Waals surface area contributed by atoms with Crippen molar-refractivity contribution in [2.75, 3.05) is 49.6 Å². The second-order valence-corrected chi connectivity index (χ2v) is 10.3. The summed E-state index contributed by atoms with van der Waals surface area (Å²) in [6, 6.07) is 15.5. The number of nitrogens with zero attached hydrogens (tertiary/aromatic N) is 6. The maximum Gasteiger partial charge on any atom is 0.260 e. The van der Waals surface area contributed by atoms with Crippen LogP contribution in [0.4, 0.5) is 11.8 Å². The number of pyridine rings is 1. The van der Waals surface area contributed by atoms with Crippen LogP contribution in [0.1, 0.15) is 15.2 Å². The number of carbonyl (C=O) groups is 2. The molecule has 4 heterocycles. The number of piperazine rings is 1. The lowest BCUT2D eigenvalue weighted by atomic mass is 10.1. The number of amides is 2. The molecule has 4 aromatic rings. The summed E-state index contributed by atoms with van der Waals surface area (Å²) >= 11 is 1.49. The number of likely N-dealkylation sites (N-methyl/N-ethyl adjacent to an activating group) is 1. The molecule has 10 nitrogen and oxygen atoms in total. The number of anilines is 2. The smallest absolute Gasteiger partial charge is 0.260 e. The fourth-order valence-corrected chi connectivity index (χ4v) is 5.28. The zero-order valence-corrected chi connectivity index (χ0v) is 21.9. The maximum atomic E-state index is 13.2. The maximum absolute atomic E-state index is 13.2. The van der Waals surface area contributed by atoms with Crippen molar-refractivity contribution in [3.05, 3.63) is 65.2 Å². The Hall–Kier alpha value is -3.93. The van der Waals surface area contributed by atoms with Gasteiger partial charge in [-0.2, -0.15) is 4.98 Å². The van der Waals surface area contributed by atoms with Crippen LogP contribution < -0.4 is 9.80 Å². The van der Waals surface area contributed by atoms with Crippen molar-refractivity contribution in [3.63, 3.8) is 0 Å². The Morgan fingerprint density at radius 1 is 1.08 bits per heavy atom. The molecule has 3 aromatic heterocycles. The van der Waals surface area contributed by atoms with Gasteiger partial charge in [-0.1, -0.05) is 30.3 Å². The van der Waals surface area contributed by atoms with Gasteiger partial charge < -0.3 is 20.0 Å². The van der Waals surface area contributed by atoms with Crippen molar-refractivity contribution in [3.8, 4) is 11.3 Å². The van der Waals surface area contributed by atoms with Crippen LogP contribution in [0.2, 0.25) is 0 Å². The van der Waals surface area contributed by atoms with E-state index in [4.69, 9.17) is 0 Å². The molecule has 1 saturated heterocycles. The van der Waals surface area contributed by atoms with E-state index in [1.54, 1.807) is 11.1 Å². The summed E-state index contributed by atoms with van der Waals surface area (Å²) in [5.41, 5.74) is 2.36. The third-order valence-electron chi connectivity index (χ3n) is 6.52. The summed E-state index contributed by atoms with van der Waals surface area (Å²) in [6.45, 7) is 3.41. The van der Waals surface area contributed by atoms with Gasteiger partial charge in [-0.15, -0.1) is 11.3 Å². The van der Waals surface area contributed by atoms with Gasteiger partial charge >= 0.3 is 0 Å². The molecule has 0 aliphatic carbocycles. The molecule has 1 atom stereocenters. The molecule has 0 saturated carbocycles. The van der Waals surface area contributed by atoms with E-state index in [1.165, 1.54) is 18.4 Å². The average Bonchev–Trinajstić information content (AvgIpc) is 3.35. The van der Waals surface area contributed by atoms with E-state index in [1.807, 2.05) is 55.5 Å². The molecule has 0 bridgehead atoms. The standard InChI is InChI=1S/C27H28N6O4S/c1-17-14-20-23(29-27(30-24(20)38-17)31(2)26(37)22(35)16-34)32-10-12-33(13-11-32)25(36)19-8-9-21(28-15-19)18-6-4-3-5-7-18/h3-9,14-15,22,34-35H,10-13,16H2,1-2H3/t22-/m1/s1. The molecule has 1 aliphatic rings. The number of carbonyl (C=O) groups excluding carboxylic acids is 2. The lowest BCUT2D eigenvalue weighted by molar-refractivity contribution is -0.128. The Balaban J connectivity index is 1.32. The van der Waals surface area contributed by atoms with Crippen LogP contribution in [0.3, 0.4) is 0 Å². The number of thiophene rings is 1. The fourth-order valence-electron chi connectivity index (χ4n) is 4.41. The third kappa shape index (κ3) is 5.08. The summed E-state index contributed by atoms with van der Waals surface area (Å²) in [5, 5.41) is 19.8. The van der Waals surface area contributed by atoms with Gasteiger partial charge in [0.2, 0.25) is 5.95 Å². The van der Waals surface area contributed by atoms with Gasteiger partial charge in [0.25, 0.3) is 11.8 Å². The summed E-state index contributed by atoms with van der Waals surface area (Å²) in [5.74, 6) is 0.0665. The lowest BCUT2D eigenvalue weighted by Gasteiger charge is -2.36. The van der Waals surface area contributed by atoms with Crippen LogP contribution in [0.15, 0.2) is 54.7 Å². The highest BCUT2D eigenvalue weighted by atomic mass is 32.1. The summed E-state index contributed by atoms with van der Waals surface area (Å²) in [6.07, 6.45) is 0.0811. The van der Waals surface area contributed by atoms with Crippen LogP contribution in [-0.2, 0) is 4.79 Å². The topological polar surface area (TPSA) is 123 Å². The van der Waals surface area contributed by atoms with Crippen molar-refractivity contribution in [1.29, 1.82) is 0 Å². The highest BCUT2D eigenvalue weighted by Crippen LogP contribution is 2.33. The molecular formula is C27H28N6O4S. The van der Waals surface area contributed by atoms with Crippen molar-refractivity contribution in [1.82, 2.24) is 19.9 Å². The van der Waals surface area contributed by atoms with Crippen LogP contribution in [0.25, 0.3) is 21.5 Å². The van der Waals surface area contributed by atoms with Crippen LogP contribution in [0, 0.1) is 6.92 Å². The van der Waals surface area contributed by atoms with Crippen molar-refractivity contribution < 1.29 is 19.8 Å². The van der Waals surface area contributed by atoms with E-state index in [0.29, 0.717) is 37.6 Å². The molecule has 1 aromatic carbocycles. The zero-order valence-electron chi connectivity index (χ0n) is 21.1. The molecule has 1 fully saturated rings. The minimum absolute atomic E-state index is 0.0695. The van der Waals surface area contributed by atoms with E-state index >= 15 is 0 Å². The molecule has 5 rings (SSSR count). The van der Waals surface area contributed by atoms with E-state index < -0.39 is 18.6 Å². The summed E-state index contributed by atoms with van der Waals surface area (Å²) in [4.78, 5) is 46.1. The van der Waals surface area contributed by atoms with Gasteiger partial charge in [0, 0.05) is 49.9 Å². The molecular weight excluding hydrogens is 504 g/mol. The largest absolute Gasteiger partial charge is 0.393 e. The van der Waals surface area contributed by atoms with Gasteiger partial charge in [0.1, 0.15) is 10.6 Å². The minimum atomic E-state index is -1.54. The van der Waals surface area contributed by atoms with Gasteiger partial charge in [0.15, 0.2) is 6.10 Å². The van der Waals surface area contributed by atoms with E-state index in [2.05, 4.69) is 19.9 Å². The lowest BCUT2D eigenvalue weighted by Crippen LogP contribution is -2.49. The molecule has 196 valence electrons. The Morgan fingerprint density at radius 3 is 2.47 bits per heavy atom. The summed E-state index contributed by atoms with van der Waals surface area (Å²) in [7, 11) is 1.47. The second kappa shape index (κ2) is 10.8. The van der Waals surface area contributed by atoms with E-state index in [-0.39, 0.29) is 11.9 Å². The van der Waals surface area contributed by atoms with Crippen molar-refractivity contribution in [2.45, 2.75) is 13.0 Å². The van der Waals surface area contributed by atoms with Crippen LogP contribution >= 0.6 is 11.3 Å². The Labute approximate surface area is 223 Å². The van der Waals surface area contributed by atoms with Crippen LogP contribution in [-0.4, -0.2) is 87.8 Å². The van der Waals surface area contributed by atoms with Crippen molar-refractivity contribution >= 4 is 45.1 Å². The SMILES string of the molecule is Cc1cc2c(N3CCN(C(=O)c4ccc(-c5ccccc5)nc4)CC3)nc(N(C)C(=O)[C@H](O)CO)nc2s1. The third-order valence-corrected chi connectivity index (χ3v) is 7.46. The van der Waals surface area contributed by atoms with Gasteiger partial charge in [0.05, 0.1) is 23.3 Å². The predicted molar refractivity (Wildman–Crippen MR) is 146 cm³/mol. The van der Waals surface area contributed by atoms with Gasteiger partial charge in [-0.05, 0) is 25.1 Å².